The molecule has 0 aromatic rings. The fourth-order valence-electron chi connectivity index (χ4n) is 9.23. The largest absolute Gasteiger partial charge is 0.381 e. The van der Waals surface area contributed by atoms with Crippen molar-refractivity contribution in [2.45, 2.75) is 117 Å². The molecule has 0 bridgehead atoms. The minimum atomic E-state index is -1.18. The number of ketones is 1. The van der Waals surface area contributed by atoms with E-state index in [-0.39, 0.29) is 17.3 Å². The third-order valence-electron chi connectivity index (χ3n) is 11.1. The molecular weight excluding hydrogens is 384 g/mol. The molecule has 0 radical (unpaired) electrons. The molecule has 0 heterocycles. The van der Waals surface area contributed by atoms with Gasteiger partial charge < -0.3 is 9.84 Å². The van der Waals surface area contributed by atoms with Crippen LogP contribution < -0.4 is 0 Å². The maximum Gasteiger partial charge on any atom is 0.165 e. The van der Waals surface area contributed by atoms with Crippen molar-refractivity contribution in [3.05, 3.63) is 0 Å². The number of hydrogen-bond donors (Lipinski definition) is 1. The van der Waals surface area contributed by atoms with Gasteiger partial charge in [-0.2, -0.15) is 0 Å². The zero-order valence-electron chi connectivity index (χ0n) is 21.1. The predicted octanol–water partition coefficient (Wildman–Crippen LogP) is 6.42. The van der Waals surface area contributed by atoms with Gasteiger partial charge in [-0.3, -0.25) is 4.79 Å². The molecule has 0 aromatic heterocycles. The van der Waals surface area contributed by atoms with Crippen LogP contribution in [0.25, 0.3) is 0 Å². The molecule has 4 aliphatic rings. The molecule has 3 nitrogen and oxygen atoms in total. The van der Waals surface area contributed by atoms with Gasteiger partial charge in [0, 0.05) is 25.4 Å². The van der Waals surface area contributed by atoms with Crippen molar-refractivity contribution in [1.82, 2.24) is 0 Å². The van der Waals surface area contributed by atoms with Crippen LogP contribution in [0, 0.1) is 46.3 Å². The maximum atomic E-state index is 13.5. The monoisotopic (exact) mass is 432 g/mol. The lowest BCUT2D eigenvalue weighted by Crippen LogP contribution is -2.67. The molecule has 0 amide bonds. The number of carbonyl (C=O) groups is 1. The standard InChI is InChI=1S/C28H48O3/c1-18(2)8-7-9-19(3)22-10-11-23-21-16-25(29)28(30)17-20(31-6)12-15-27(28,5)24(21)13-14-26(22,23)4/h18-24,30H,7-17H2,1-6H3/t19-,20-,21+,22-,23+,24+,26-,27-,28+/m1/s1. The quantitative estimate of drug-likeness (QED) is 0.527. The Balaban J connectivity index is 1.53. The van der Waals surface area contributed by atoms with Gasteiger partial charge >= 0.3 is 0 Å². The second-order valence-electron chi connectivity index (χ2n) is 12.9. The normalized spacial score (nSPS) is 48.3. The molecule has 31 heavy (non-hydrogen) atoms. The molecule has 4 saturated carbocycles. The maximum absolute atomic E-state index is 13.5. The van der Waals surface area contributed by atoms with Crippen LogP contribution in [0.5, 0.6) is 0 Å². The van der Waals surface area contributed by atoms with Crippen LogP contribution in [-0.4, -0.2) is 29.7 Å². The minimum Gasteiger partial charge on any atom is -0.381 e. The van der Waals surface area contributed by atoms with Gasteiger partial charge in [-0.25, -0.2) is 0 Å². The molecule has 0 saturated heterocycles. The summed E-state index contributed by atoms with van der Waals surface area (Å²) in [6.07, 6.45) is 12.2. The lowest BCUT2D eigenvalue weighted by molar-refractivity contribution is -0.215. The zero-order chi connectivity index (χ0) is 22.6. The Kier molecular flexibility index (Phi) is 6.45. The summed E-state index contributed by atoms with van der Waals surface area (Å²) in [6.45, 7) is 12.0. The van der Waals surface area contributed by atoms with Gasteiger partial charge in [-0.15, -0.1) is 0 Å². The summed E-state index contributed by atoms with van der Waals surface area (Å²) in [4.78, 5) is 13.5. The fraction of sp³-hybridized carbons (Fsp3) is 0.964. The first kappa shape index (κ1) is 23.7. The van der Waals surface area contributed by atoms with E-state index in [0.717, 1.165) is 30.6 Å². The van der Waals surface area contributed by atoms with E-state index in [9.17, 15) is 9.90 Å². The van der Waals surface area contributed by atoms with Gasteiger partial charge in [0.15, 0.2) is 5.78 Å². The van der Waals surface area contributed by atoms with E-state index in [4.69, 9.17) is 4.74 Å². The number of carbonyl (C=O) groups excluding carboxylic acids is 1. The van der Waals surface area contributed by atoms with E-state index in [0.29, 0.717) is 36.0 Å². The summed E-state index contributed by atoms with van der Waals surface area (Å²) in [6, 6.07) is 0. The molecule has 178 valence electrons. The van der Waals surface area contributed by atoms with E-state index >= 15 is 0 Å². The highest BCUT2D eigenvalue weighted by atomic mass is 16.5. The Morgan fingerprint density at radius 1 is 1.03 bits per heavy atom. The Morgan fingerprint density at radius 2 is 1.77 bits per heavy atom. The summed E-state index contributed by atoms with van der Waals surface area (Å²) in [5, 5.41) is 11.7. The van der Waals surface area contributed by atoms with E-state index in [2.05, 4.69) is 34.6 Å². The highest BCUT2D eigenvalue weighted by Crippen LogP contribution is 2.68. The van der Waals surface area contributed by atoms with E-state index in [1.165, 1.54) is 44.9 Å². The second kappa shape index (κ2) is 8.42. The summed E-state index contributed by atoms with van der Waals surface area (Å²) in [5.41, 5.74) is -1.07. The molecule has 3 heteroatoms. The van der Waals surface area contributed by atoms with Gasteiger partial charge in [0.1, 0.15) is 5.60 Å². The van der Waals surface area contributed by atoms with Crippen LogP contribution >= 0.6 is 0 Å². The number of ether oxygens (including phenoxy) is 1. The van der Waals surface area contributed by atoms with Crippen LogP contribution in [0.15, 0.2) is 0 Å². The van der Waals surface area contributed by atoms with Crippen molar-refractivity contribution in [2.75, 3.05) is 7.11 Å². The highest BCUT2D eigenvalue weighted by molar-refractivity contribution is 5.89. The number of fused-ring (bicyclic) bond motifs is 5. The third-order valence-corrected chi connectivity index (χ3v) is 11.1. The molecule has 0 spiro atoms. The first-order valence-electron chi connectivity index (χ1n) is 13.3. The number of aliphatic hydroxyl groups is 1. The Labute approximate surface area is 191 Å². The van der Waals surface area contributed by atoms with Crippen molar-refractivity contribution < 1.29 is 14.6 Å². The van der Waals surface area contributed by atoms with Crippen molar-refractivity contribution in [2.24, 2.45) is 46.3 Å². The van der Waals surface area contributed by atoms with Crippen LogP contribution in [0.3, 0.4) is 0 Å². The molecule has 4 fully saturated rings. The zero-order valence-corrected chi connectivity index (χ0v) is 21.1. The summed E-state index contributed by atoms with van der Waals surface area (Å²) < 4.78 is 5.60. The smallest absolute Gasteiger partial charge is 0.165 e. The third kappa shape index (κ3) is 3.65. The predicted molar refractivity (Wildman–Crippen MR) is 126 cm³/mol. The fourth-order valence-corrected chi connectivity index (χ4v) is 9.23. The molecular formula is C28H48O3. The number of rotatable bonds is 6. The lowest BCUT2D eigenvalue weighted by atomic mass is 9.42. The number of Topliss-reactive ketones (excluding diaryl/α,β-unsaturated/α-hetero) is 1. The Hall–Kier alpha value is -0.410. The minimum absolute atomic E-state index is 0.0231. The van der Waals surface area contributed by atoms with Crippen LogP contribution in [0.1, 0.15) is 105 Å². The topological polar surface area (TPSA) is 46.5 Å². The molecule has 4 rings (SSSR count). The average molecular weight is 433 g/mol. The SMILES string of the molecule is CO[C@@H]1CC[C@]2(C)[C@H]3CC[C@]4(C)[C@@H]([C@H](C)CCCC(C)C)CC[C@H]4[C@@H]3CC(=O)[C@@]2(O)C1. The van der Waals surface area contributed by atoms with Gasteiger partial charge in [0.05, 0.1) is 6.10 Å². The number of hydrogen-bond acceptors (Lipinski definition) is 3. The molecule has 0 aromatic carbocycles. The Bertz CT molecular complexity index is 673. The first-order valence-corrected chi connectivity index (χ1v) is 13.3. The molecule has 9 atom stereocenters. The van der Waals surface area contributed by atoms with Gasteiger partial charge in [-0.05, 0) is 79.4 Å². The van der Waals surface area contributed by atoms with Gasteiger partial charge in [0.25, 0.3) is 0 Å². The molecule has 4 aliphatic carbocycles. The van der Waals surface area contributed by atoms with E-state index < -0.39 is 5.60 Å². The van der Waals surface area contributed by atoms with E-state index in [1.54, 1.807) is 7.11 Å². The molecule has 0 aliphatic heterocycles. The molecule has 0 unspecified atom stereocenters. The number of methoxy groups -OCH3 is 1. The lowest BCUT2D eigenvalue weighted by Gasteiger charge is -2.63. The van der Waals surface area contributed by atoms with Crippen LogP contribution in [0.4, 0.5) is 0 Å². The van der Waals surface area contributed by atoms with Crippen LogP contribution in [0.2, 0.25) is 0 Å². The van der Waals surface area contributed by atoms with Gasteiger partial charge in [0.2, 0.25) is 0 Å². The second-order valence-corrected chi connectivity index (χ2v) is 12.9. The average Bonchev–Trinajstić information content (AvgIpc) is 3.06. The van der Waals surface area contributed by atoms with Crippen molar-refractivity contribution in [3.8, 4) is 0 Å². The highest BCUT2D eigenvalue weighted by Gasteiger charge is 2.67. The van der Waals surface area contributed by atoms with Crippen molar-refractivity contribution >= 4 is 5.78 Å². The van der Waals surface area contributed by atoms with Crippen molar-refractivity contribution in [3.63, 3.8) is 0 Å². The summed E-state index contributed by atoms with van der Waals surface area (Å²) in [7, 11) is 1.72. The first-order chi connectivity index (χ1) is 14.6. The molecule has 1 N–H and O–H groups in total. The summed E-state index contributed by atoms with van der Waals surface area (Å²) in [5.74, 6) is 4.14. The van der Waals surface area contributed by atoms with E-state index in [1.807, 2.05) is 0 Å². The Morgan fingerprint density at radius 3 is 2.45 bits per heavy atom. The van der Waals surface area contributed by atoms with Gasteiger partial charge in [-0.1, -0.05) is 53.9 Å². The van der Waals surface area contributed by atoms with Crippen molar-refractivity contribution in [1.29, 1.82) is 0 Å². The summed E-state index contributed by atoms with van der Waals surface area (Å²) >= 11 is 0. The van der Waals surface area contributed by atoms with Crippen LogP contribution in [-0.2, 0) is 9.53 Å².